The molecule has 0 N–H and O–H groups in total. The average Bonchev–Trinajstić information content (AvgIpc) is 3.19. The normalized spacial score (nSPS) is 12.1. The highest BCUT2D eigenvalue weighted by Gasteiger charge is 2.20. The second-order valence-corrected chi connectivity index (χ2v) is 5.40. The summed E-state index contributed by atoms with van der Waals surface area (Å²) in [5.74, 6) is -0.446. The number of aromatic nitrogens is 5. The fourth-order valence-corrected chi connectivity index (χ4v) is 2.23. The van der Waals surface area contributed by atoms with Gasteiger partial charge in [-0.3, -0.25) is 4.68 Å². The Morgan fingerprint density at radius 3 is 2.70 bits per heavy atom. The third-order valence-electron chi connectivity index (χ3n) is 3.25. The molecule has 23 heavy (non-hydrogen) atoms. The van der Waals surface area contributed by atoms with Crippen LogP contribution in [-0.4, -0.2) is 30.5 Å². The highest BCUT2D eigenvalue weighted by Crippen LogP contribution is 2.23. The molecule has 3 aromatic rings. The van der Waals surface area contributed by atoms with Crippen LogP contribution in [0.1, 0.15) is 22.0 Å². The summed E-state index contributed by atoms with van der Waals surface area (Å²) in [7, 11) is 1.74. The molecule has 7 nitrogen and oxygen atoms in total. The maximum absolute atomic E-state index is 12.3. The molecule has 2 aromatic heterocycles. The Kier molecular flexibility index (Phi) is 4.38. The maximum Gasteiger partial charge on any atom is 0.342 e. The zero-order chi connectivity index (χ0) is 16.2. The number of carbonyl (C=O) groups is 1. The van der Waals surface area contributed by atoms with Crippen LogP contribution in [0, 0.1) is 0 Å². The first-order chi connectivity index (χ1) is 11.1. The lowest BCUT2D eigenvalue weighted by molar-refractivity contribution is 0.0246. The van der Waals surface area contributed by atoms with Gasteiger partial charge in [0.25, 0.3) is 0 Å². The van der Waals surface area contributed by atoms with Crippen LogP contribution >= 0.6 is 11.6 Å². The van der Waals surface area contributed by atoms with Crippen molar-refractivity contribution in [1.82, 2.24) is 24.5 Å². The minimum Gasteiger partial charge on any atom is -0.452 e. The van der Waals surface area contributed by atoms with Crippen molar-refractivity contribution in [1.29, 1.82) is 0 Å². The largest absolute Gasteiger partial charge is 0.452 e. The van der Waals surface area contributed by atoms with Crippen LogP contribution in [0.25, 0.3) is 0 Å². The summed E-state index contributed by atoms with van der Waals surface area (Å²) in [4.78, 5) is 16.2. The second-order valence-electron chi connectivity index (χ2n) is 4.97. The van der Waals surface area contributed by atoms with Crippen molar-refractivity contribution in [2.24, 2.45) is 7.05 Å². The van der Waals surface area contributed by atoms with Crippen LogP contribution in [0.3, 0.4) is 0 Å². The van der Waals surface area contributed by atoms with Crippen LogP contribution in [-0.2, 0) is 18.3 Å². The minimum absolute atomic E-state index is 0.355. The Hall–Kier alpha value is -2.67. The molecular weight excluding hydrogens is 318 g/mol. The summed E-state index contributed by atoms with van der Waals surface area (Å²) in [5, 5.41) is 8.65. The van der Waals surface area contributed by atoms with E-state index in [9.17, 15) is 4.79 Å². The van der Waals surface area contributed by atoms with Gasteiger partial charge in [-0.1, -0.05) is 23.7 Å². The molecule has 0 saturated heterocycles. The molecule has 0 aliphatic carbocycles. The van der Waals surface area contributed by atoms with E-state index in [1.165, 1.54) is 12.5 Å². The molecule has 0 saturated carbocycles. The Morgan fingerprint density at radius 1 is 1.30 bits per heavy atom. The van der Waals surface area contributed by atoms with Crippen LogP contribution in [0.4, 0.5) is 0 Å². The molecular formula is C15H14ClN5O2. The van der Waals surface area contributed by atoms with Gasteiger partial charge in [-0.05, 0) is 17.7 Å². The molecule has 8 heteroatoms. The predicted octanol–water partition coefficient (Wildman–Crippen LogP) is 2.26. The van der Waals surface area contributed by atoms with E-state index in [0.29, 0.717) is 17.1 Å². The van der Waals surface area contributed by atoms with Gasteiger partial charge in [-0.2, -0.15) is 10.2 Å². The zero-order valence-corrected chi connectivity index (χ0v) is 13.1. The summed E-state index contributed by atoms with van der Waals surface area (Å²) >= 11 is 5.92. The highest BCUT2D eigenvalue weighted by atomic mass is 35.5. The van der Waals surface area contributed by atoms with Crippen molar-refractivity contribution < 1.29 is 9.53 Å². The monoisotopic (exact) mass is 331 g/mol. The Balaban J connectivity index is 1.82. The van der Waals surface area contributed by atoms with E-state index in [1.54, 1.807) is 41.1 Å². The smallest absolute Gasteiger partial charge is 0.342 e. The summed E-state index contributed by atoms with van der Waals surface area (Å²) < 4.78 is 8.78. The summed E-state index contributed by atoms with van der Waals surface area (Å²) in [6, 6.07) is 7.15. The Bertz CT molecular complexity index is 783. The van der Waals surface area contributed by atoms with E-state index in [0.717, 1.165) is 5.56 Å². The first-order valence-electron chi connectivity index (χ1n) is 6.89. The quantitative estimate of drug-likeness (QED) is 0.670. The van der Waals surface area contributed by atoms with Crippen molar-refractivity contribution in [2.45, 2.75) is 12.6 Å². The van der Waals surface area contributed by atoms with Gasteiger partial charge >= 0.3 is 5.97 Å². The molecule has 0 spiro atoms. The Labute approximate surface area is 137 Å². The van der Waals surface area contributed by atoms with E-state index >= 15 is 0 Å². The Morgan fingerprint density at radius 2 is 2.09 bits per heavy atom. The van der Waals surface area contributed by atoms with Crippen LogP contribution in [0.2, 0.25) is 5.02 Å². The number of halogens is 1. The molecule has 0 aliphatic rings. The summed E-state index contributed by atoms with van der Waals surface area (Å²) in [6.07, 6.45) is 5.57. The van der Waals surface area contributed by atoms with Gasteiger partial charge in [0.2, 0.25) is 0 Å². The number of nitrogens with zero attached hydrogens (tertiary/aromatic N) is 5. The first-order valence-corrected chi connectivity index (χ1v) is 7.27. The third kappa shape index (κ3) is 3.75. The van der Waals surface area contributed by atoms with Crippen molar-refractivity contribution in [3.8, 4) is 0 Å². The summed E-state index contributed by atoms with van der Waals surface area (Å²) in [6.45, 7) is 0.355. The van der Waals surface area contributed by atoms with Crippen LogP contribution < -0.4 is 0 Å². The van der Waals surface area contributed by atoms with Crippen molar-refractivity contribution >= 4 is 17.6 Å². The lowest BCUT2D eigenvalue weighted by Gasteiger charge is -2.18. The molecule has 0 aliphatic heterocycles. The molecule has 118 valence electrons. The van der Waals surface area contributed by atoms with E-state index in [2.05, 4.69) is 15.2 Å². The molecule has 0 fully saturated rings. The van der Waals surface area contributed by atoms with Gasteiger partial charge in [0.15, 0.2) is 0 Å². The van der Waals surface area contributed by atoms with Crippen molar-refractivity contribution in [2.75, 3.05) is 0 Å². The molecule has 0 unspecified atom stereocenters. The van der Waals surface area contributed by atoms with E-state index < -0.39 is 12.1 Å². The second kappa shape index (κ2) is 6.62. The molecule has 1 atom stereocenters. The van der Waals surface area contributed by atoms with E-state index in [1.807, 2.05) is 12.1 Å². The van der Waals surface area contributed by atoms with Gasteiger partial charge in [-0.25, -0.2) is 14.5 Å². The fourth-order valence-electron chi connectivity index (χ4n) is 2.11. The van der Waals surface area contributed by atoms with Crippen molar-refractivity contribution in [3.63, 3.8) is 0 Å². The minimum atomic E-state index is -0.512. The fraction of sp³-hybridized carbons (Fsp3) is 0.200. The topological polar surface area (TPSA) is 74.8 Å². The predicted molar refractivity (Wildman–Crippen MR) is 82.8 cm³/mol. The summed E-state index contributed by atoms with van der Waals surface area (Å²) in [5.41, 5.74) is 1.21. The first kappa shape index (κ1) is 15.2. The third-order valence-corrected chi connectivity index (χ3v) is 3.50. The zero-order valence-electron chi connectivity index (χ0n) is 12.3. The number of hydrogen-bond acceptors (Lipinski definition) is 5. The number of rotatable bonds is 5. The maximum atomic E-state index is 12.3. The van der Waals surface area contributed by atoms with Crippen LogP contribution in [0.15, 0.2) is 49.3 Å². The number of esters is 1. The number of carbonyl (C=O) groups excluding carboxylic acids is 1. The van der Waals surface area contributed by atoms with Gasteiger partial charge in [0.05, 0.1) is 18.3 Å². The highest BCUT2D eigenvalue weighted by molar-refractivity contribution is 6.30. The molecule has 0 amide bonds. The van der Waals surface area contributed by atoms with Gasteiger partial charge in [-0.15, -0.1) is 0 Å². The lowest BCUT2D eigenvalue weighted by atomic mass is 10.1. The van der Waals surface area contributed by atoms with Gasteiger partial charge in [0, 0.05) is 18.3 Å². The number of ether oxygens (including phenoxy) is 1. The molecule has 3 rings (SSSR count). The van der Waals surface area contributed by atoms with Crippen LogP contribution in [0.5, 0.6) is 0 Å². The van der Waals surface area contributed by atoms with Gasteiger partial charge < -0.3 is 4.74 Å². The number of aryl methyl sites for hydroxylation is 1. The van der Waals surface area contributed by atoms with E-state index in [-0.39, 0.29) is 0 Å². The number of hydrogen-bond donors (Lipinski definition) is 0. The van der Waals surface area contributed by atoms with E-state index in [4.69, 9.17) is 16.3 Å². The number of benzene rings is 1. The standard InChI is InChI=1S/C15H14ClN5O2/c1-20-7-12(6-18-20)15(22)23-14(8-21-10-17-9-19-21)11-2-4-13(16)5-3-11/h2-7,9-10,14H,8H2,1H3/t14-/m1/s1. The molecule has 0 bridgehead atoms. The molecule has 0 radical (unpaired) electrons. The SMILES string of the molecule is Cn1cc(C(=O)O[C@H](Cn2cncn2)c2ccc(Cl)cc2)cn1. The molecule has 1 aromatic carbocycles. The molecule has 2 heterocycles. The van der Waals surface area contributed by atoms with Gasteiger partial charge in [0.1, 0.15) is 18.8 Å². The lowest BCUT2D eigenvalue weighted by Crippen LogP contribution is -2.17. The van der Waals surface area contributed by atoms with Crippen molar-refractivity contribution in [3.05, 3.63) is 65.5 Å². The average molecular weight is 332 g/mol.